The first-order valence-electron chi connectivity index (χ1n) is 10.0. The van der Waals surface area contributed by atoms with Crippen molar-refractivity contribution in [2.24, 2.45) is 12.0 Å². The molecule has 1 saturated heterocycles. The summed E-state index contributed by atoms with van der Waals surface area (Å²) in [5.41, 5.74) is -0.155. The highest BCUT2D eigenvalue weighted by atomic mass is 127. The Hall–Kier alpha value is -1.56. The van der Waals surface area contributed by atoms with Crippen molar-refractivity contribution in [2.45, 2.75) is 71.4 Å². The lowest BCUT2D eigenvalue weighted by atomic mass is 10.1. The number of hydrogen-bond donors (Lipinski definition) is 2. The van der Waals surface area contributed by atoms with Gasteiger partial charge in [-0.1, -0.05) is 0 Å². The smallest absolute Gasteiger partial charge is 0.412 e. The van der Waals surface area contributed by atoms with E-state index in [4.69, 9.17) is 9.47 Å². The van der Waals surface area contributed by atoms with E-state index in [0.717, 1.165) is 18.5 Å². The maximum Gasteiger partial charge on any atom is 0.412 e. The van der Waals surface area contributed by atoms with Gasteiger partial charge < -0.3 is 20.1 Å². The number of carbonyl (C=O) groups excluding carboxylic acids is 1. The molecule has 1 aromatic rings. The van der Waals surface area contributed by atoms with Gasteiger partial charge in [0, 0.05) is 33.4 Å². The maximum atomic E-state index is 12.8. The molecular formula is C20H37IN6O3. The van der Waals surface area contributed by atoms with Crippen LogP contribution in [-0.2, 0) is 22.9 Å². The zero-order valence-electron chi connectivity index (χ0n) is 19.4. The zero-order valence-corrected chi connectivity index (χ0v) is 21.7. The Balaban J connectivity index is 0.00000450. The van der Waals surface area contributed by atoms with E-state index in [9.17, 15) is 4.79 Å². The summed E-state index contributed by atoms with van der Waals surface area (Å²) >= 11 is 0. The number of rotatable bonds is 5. The number of aryl methyl sites for hydroxylation is 1. The molecule has 1 amide bonds. The summed E-state index contributed by atoms with van der Waals surface area (Å²) in [6.45, 7) is 12.5. The first kappa shape index (κ1) is 26.5. The number of carbonyl (C=O) groups is 1. The van der Waals surface area contributed by atoms with E-state index in [1.54, 1.807) is 16.6 Å². The number of nitrogens with one attached hydrogen (secondary N) is 2. The molecule has 0 aliphatic carbocycles. The number of guanidine groups is 1. The Morgan fingerprint density at radius 1 is 1.37 bits per heavy atom. The van der Waals surface area contributed by atoms with Crippen LogP contribution in [0, 0.1) is 0 Å². The predicted octanol–water partition coefficient (Wildman–Crippen LogP) is 2.51. The van der Waals surface area contributed by atoms with Crippen molar-refractivity contribution < 1.29 is 14.3 Å². The molecule has 10 heteroatoms. The highest BCUT2D eigenvalue weighted by molar-refractivity contribution is 14.0. The summed E-state index contributed by atoms with van der Waals surface area (Å²) in [7, 11) is 3.63. The number of hydrogen-bond acceptors (Lipinski definition) is 5. The molecule has 2 N–H and O–H groups in total. The second-order valence-corrected chi connectivity index (χ2v) is 8.84. The molecule has 0 spiro atoms. The first-order chi connectivity index (χ1) is 13.4. The largest absolute Gasteiger partial charge is 0.444 e. The summed E-state index contributed by atoms with van der Waals surface area (Å²) in [5.74, 6) is 0.676. The normalized spacial score (nSPS) is 21.2. The molecule has 1 aliphatic rings. The Morgan fingerprint density at radius 3 is 2.57 bits per heavy atom. The molecule has 0 aromatic carbocycles. The second-order valence-electron chi connectivity index (χ2n) is 8.84. The molecule has 2 unspecified atom stereocenters. The Morgan fingerprint density at radius 2 is 2.03 bits per heavy atom. The topological polar surface area (TPSA) is 93.0 Å². The van der Waals surface area contributed by atoms with Crippen molar-refractivity contribution >= 4 is 36.0 Å². The maximum absolute atomic E-state index is 12.8. The molecule has 2 rings (SSSR count). The lowest BCUT2D eigenvalue weighted by Crippen LogP contribution is -2.54. The SMILES string of the molecule is CN=C(NCCc1cnn(C)c1)NCC1C(C)OC(C)(C)N1C(=O)OC(C)(C)C.I. The molecular weight excluding hydrogens is 499 g/mol. The average Bonchev–Trinajstić information content (AvgIpc) is 3.08. The van der Waals surface area contributed by atoms with Gasteiger partial charge in [-0.15, -0.1) is 24.0 Å². The van der Waals surface area contributed by atoms with Crippen LogP contribution in [0.5, 0.6) is 0 Å². The molecule has 9 nitrogen and oxygen atoms in total. The van der Waals surface area contributed by atoms with Crippen molar-refractivity contribution in [3.63, 3.8) is 0 Å². The van der Waals surface area contributed by atoms with Gasteiger partial charge in [0.25, 0.3) is 0 Å². The van der Waals surface area contributed by atoms with Gasteiger partial charge in [0.15, 0.2) is 5.96 Å². The van der Waals surface area contributed by atoms with Crippen molar-refractivity contribution in [2.75, 3.05) is 20.1 Å². The highest BCUT2D eigenvalue weighted by Gasteiger charge is 2.49. The lowest BCUT2D eigenvalue weighted by molar-refractivity contribution is -0.0755. The van der Waals surface area contributed by atoms with E-state index in [0.29, 0.717) is 12.5 Å². The molecule has 1 aliphatic heterocycles. The van der Waals surface area contributed by atoms with E-state index in [2.05, 4.69) is 20.7 Å². The quantitative estimate of drug-likeness (QED) is 0.342. The molecule has 1 fully saturated rings. The fraction of sp³-hybridized carbons (Fsp3) is 0.750. The number of halogens is 1. The van der Waals surface area contributed by atoms with Crippen LogP contribution in [-0.4, -0.2) is 70.3 Å². The fourth-order valence-electron chi connectivity index (χ4n) is 3.47. The van der Waals surface area contributed by atoms with Gasteiger partial charge in [-0.05, 0) is 53.5 Å². The van der Waals surface area contributed by atoms with Gasteiger partial charge >= 0.3 is 6.09 Å². The summed E-state index contributed by atoms with van der Waals surface area (Å²) < 4.78 is 13.4. The average molecular weight is 536 g/mol. The minimum absolute atomic E-state index is 0. The number of aliphatic imine (C=N–C) groups is 1. The van der Waals surface area contributed by atoms with E-state index < -0.39 is 11.3 Å². The third-order valence-electron chi connectivity index (χ3n) is 4.68. The van der Waals surface area contributed by atoms with Crippen LogP contribution in [0.25, 0.3) is 0 Å². The molecule has 2 atom stereocenters. The van der Waals surface area contributed by atoms with Crippen LogP contribution >= 0.6 is 24.0 Å². The van der Waals surface area contributed by atoms with Crippen LogP contribution in [0.4, 0.5) is 4.79 Å². The van der Waals surface area contributed by atoms with E-state index in [1.807, 2.05) is 61.0 Å². The standard InChI is InChI=1S/C20H36N6O3.HI/c1-14-16(26(20(5,6)28-14)18(27)29-19(2,3)4)12-23-17(21-7)22-10-9-15-11-24-25(8)13-15;/h11,13-14,16H,9-10,12H2,1-8H3,(H2,21,22,23);1H. The Bertz CT molecular complexity index is 728. The summed E-state index contributed by atoms with van der Waals surface area (Å²) in [6, 6.07) is -0.184. The highest BCUT2D eigenvalue weighted by Crippen LogP contribution is 2.33. The number of amides is 1. The van der Waals surface area contributed by atoms with Crippen LogP contribution in [0.2, 0.25) is 0 Å². The predicted molar refractivity (Wildman–Crippen MR) is 128 cm³/mol. The van der Waals surface area contributed by atoms with Crippen LogP contribution < -0.4 is 10.6 Å². The van der Waals surface area contributed by atoms with Crippen molar-refractivity contribution in [1.82, 2.24) is 25.3 Å². The van der Waals surface area contributed by atoms with Gasteiger partial charge in [0.2, 0.25) is 0 Å². The number of nitrogens with zero attached hydrogens (tertiary/aromatic N) is 4. The molecule has 172 valence electrons. The van der Waals surface area contributed by atoms with Crippen LogP contribution in [0.3, 0.4) is 0 Å². The van der Waals surface area contributed by atoms with Gasteiger partial charge in [-0.25, -0.2) is 4.79 Å². The summed E-state index contributed by atoms with van der Waals surface area (Å²) in [5, 5.41) is 10.8. The minimum atomic E-state index is -0.745. The molecule has 2 heterocycles. The summed E-state index contributed by atoms with van der Waals surface area (Å²) in [6.07, 6.45) is 4.18. The third-order valence-corrected chi connectivity index (χ3v) is 4.68. The van der Waals surface area contributed by atoms with Gasteiger partial charge in [-0.3, -0.25) is 14.6 Å². The molecule has 30 heavy (non-hydrogen) atoms. The van der Waals surface area contributed by atoms with Crippen molar-refractivity contribution in [3.8, 4) is 0 Å². The van der Waals surface area contributed by atoms with E-state index in [-0.39, 0.29) is 42.2 Å². The minimum Gasteiger partial charge on any atom is -0.444 e. The number of ether oxygens (including phenoxy) is 2. The summed E-state index contributed by atoms with van der Waals surface area (Å²) in [4.78, 5) is 18.8. The van der Waals surface area contributed by atoms with Crippen LogP contribution in [0.15, 0.2) is 17.4 Å². The molecule has 1 aromatic heterocycles. The second kappa shape index (κ2) is 10.7. The number of aromatic nitrogens is 2. The van der Waals surface area contributed by atoms with Crippen LogP contribution in [0.1, 0.15) is 47.1 Å². The van der Waals surface area contributed by atoms with E-state index in [1.165, 1.54) is 0 Å². The Labute approximate surface area is 197 Å². The lowest BCUT2D eigenvalue weighted by Gasteiger charge is -2.35. The van der Waals surface area contributed by atoms with Gasteiger partial charge in [0.05, 0.1) is 18.3 Å². The van der Waals surface area contributed by atoms with Gasteiger partial charge in [0.1, 0.15) is 11.3 Å². The molecule has 0 saturated carbocycles. The molecule has 0 bridgehead atoms. The molecule has 0 radical (unpaired) electrons. The van der Waals surface area contributed by atoms with E-state index >= 15 is 0 Å². The first-order valence-corrected chi connectivity index (χ1v) is 10.0. The zero-order chi connectivity index (χ0) is 21.8. The monoisotopic (exact) mass is 536 g/mol. The van der Waals surface area contributed by atoms with Gasteiger partial charge in [-0.2, -0.15) is 5.10 Å². The Kier molecular flexibility index (Phi) is 9.40. The van der Waals surface area contributed by atoms with Crippen molar-refractivity contribution in [1.29, 1.82) is 0 Å². The fourth-order valence-corrected chi connectivity index (χ4v) is 3.47. The van der Waals surface area contributed by atoms with Crippen molar-refractivity contribution in [3.05, 3.63) is 18.0 Å². The third kappa shape index (κ3) is 7.29.